The molecule has 1 aliphatic carbocycles. The van der Waals surface area contributed by atoms with Crippen molar-refractivity contribution >= 4 is 23.2 Å². The van der Waals surface area contributed by atoms with Crippen LogP contribution in [0.1, 0.15) is 17.5 Å². The Labute approximate surface area is 154 Å². The van der Waals surface area contributed by atoms with Crippen molar-refractivity contribution in [1.82, 2.24) is 0 Å². The molecule has 0 spiro atoms. The van der Waals surface area contributed by atoms with E-state index in [0.717, 1.165) is 29.8 Å². The van der Waals surface area contributed by atoms with E-state index in [0.29, 0.717) is 13.0 Å². The summed E-state index contributed by atoms with van der Waals surface area (Å²) in [6, 6.07) is 12.0. The van der Waals surface area contributed by atoms with Gasteiger partial charge in [-0.1, -0.05) is 18.2 Å². The van der Waals surface area contributed by atoms with Gasteiger partial charge in [0.2, 0.25) is 11.8 Å². The Bertz CT molecular complexity index is 893. The van der Waals surface area contributed by atoms with Crippen LogP contribution < -0.4 is 10.2 Å². The van der Waals surface area contributed by atoms with Crippen molar-refractivity contribution in [2.24, 2.45) is 11.8 Å². The zero-order valence-electron chi connectivity index (χ0n) is 14.3. The molecule has 1 aliphatic heterocycles. The van der Waals surface area contributed by atoms with Gasteiger partial charge in [-0.25, -0.2) is 0 Å². The number of carbonyl (C=O) groups excluding carboxylic acids is 2. The Balaban J connectivity index is 1.37. The van der Waals surface area contributed by atoms with Gasteiger partial charge >= 0.3 is 6.18 Å². The number of anilines is 2. The summed E-state index contributed by atoms with van der Waals surface area (Å²) in [6.07, 6.45) is -3.15. The summed E-state index contributed by atoms with van der Waals surface area (Å²) in [7, 11) is 0. The molecule has 1 saturated carbocycles. The monoisotopic (exact) mass is 374 g/mol. The predicted molar refractivity (Wildman–Crippen MR) is 94.2 cm³/mol. The van der Waals surface area contributed by atoms with Crippen LogP contribution in [0.25, 0.3) is 0 Å². The molecule has 2 amide bonds. The number of fused-ring (bicyclic) bond motifs is 1. The fourth-order valence-electron chi connectivity index (χ4n) is 3.50. The lowest BCUT2D eigenvalue weighted by molar-refractivity contribution is -0.137. The van der Waals surface area contributed by atoms with Crippen LogP contribution >= 0.6 is 0 Å². The Kier molecular flexibility index (Phi) is 4.17. The first-order valence-electron chi connectivity index (χ1n) is 8.72. The normalized spacial score (nSPS) is 20.9. The maximum absolute atomic E-state index is 12.7. The minimum atomic E-state index is -4.41. The molecule has 0 radical (unpaired) electrons. The quantitative estimate of drug-likeness (QED) is 0.887. The number of nitrogens with zero attached hydrogens (tertiary/aromatic N) is 1. The number of rotatable bonds is 3. The predicted octanol–water partition coefficient (Wildman–Crippen LogP) is 3.87. The van der Waals surface area contributed by atoms with Crippen LogP contribution in [-0.2, 0) is 22.2 Å². The third-order valence-corrected chi connectivity index (χ3v) is 5.08. The van der Waals surface area contributed by atoms with Gasteiger partial charge in [-0.3, -0.25) is 9.59 Å². The van der Waals surface area contributed by atoms with Crippen LogP contribution in [0.15, 0.2) is 48.5 Å². The number of carbonyl (C=O) groups is 2. The SMILES string of the molecule is O=C(Nc1ccc(C(F)(F)F)cc1)C1CC1C(=O)N1CCc2ccccc21. The second-order valence-corrected chi connectivity index (χ2v) is 6.88. The molecule has 2 unspecified atom stereocenters. The van der Waals surface area contributed by atoms with Crippen LogP contribution in [0.3, 0.4) is 0 Å². The number of hydrogen-bond acceptors (Lipinski definition) is 2. The lowest BCUT2D eigenvalue weighted by atomic mass is 10.2. The minimum Gasteiger partial charge on any atom is -0.326 e. The molecule has 2 aromatic carbocycles. The Morgan fingerprint density at radius 3 is 2.41 bits per heavy atom. The molecule has 4 nitrogen and oxygen atoms in total. The maximum Gasteiger partial charge on any atom is 0.416 e. The fraction of sp³-hybridized carbons (Fsp3) is 0.300. The van der Waals surface area contributed by atoms with E-state index in [1.807, 2.05) is 24.3 Å². The molecular weight excluding hydrogens is 357 g/mol. The number of para-hydroxylation sites is 1. The third-order valence-electron chi connectivity index (χ3n) is 5.08. The van der Waals surface area contributed by atoms with Crippen LogP contribution in [0.5, 0.6) is 0 Å². The van der Waals surface area contributed by atoms with Crippen LogP contribution in [0, 0.1) is 11.8 Å². The van der Waals surface area contributed by atoms with Crippen molar-refractivity contribution in [3.05, 3.63) is 59.7 Å². The summed E-state index contributed by atoms with van der Waals surface area (Å²) >= 11 is 0. The molecule has 4 rings (SSSR count). The van der Waals surface area contributed by atoms with Crippen molar-refractivity contribution in [2.75, 3.05) is 16.8 Å². The third kappa shape index (κ3) is 3.41. The van der Waals surface area contributed by atoms with Gasteiger partial charge in [-0.05, 0) is 48.7 Å². The van der Waals surface area contributed by atoms with E-state index >= 15 is 0 Å². The Morgan fingerprint density at radius 1 is 1.00 bits per heavy atom. The van der Waals surface area contributed by atoms with Gasteiger partial charge in [0, 0.05) is 17.9 Å². The summed E-state index contributed by atoms with van der Waals surface area (Å²) < 4.78 is 37.8. The number of alkyl halides is 3. The fourth-order valence-corrected chi connectivity index (χ4v) is 3.50. The molecule has 0 saturated heterocycles. The summed E-state index contributed by atoms with van der Waals surface area (Å²) in [5.41, 5.74) is 1.54. The van der Waals surface area contributed by atoms with Crippen molar-refractivity contribution in [3.63, 3.8) is 0 Å². The van der Waals surface area contributed by atoms with E-state index in [-0.39, 0.29) is 23.4 Å². The Hall–Kier alpha value is -2.83. The van der Waals surface area contributed by atoms with Crippen molar-refractivity contribution in [1.29, 1.82) is 0 Å². The highest BCUT2D eigenvalue weighted by Crippen LogP contribution is 2.43. The summed E-state index contributed by atoms with van der Waals surface area (Å²) in [6.45, 7) is 0.613. The topological polar surface area (TPSA) is 49.4 Å². The van der Waals surface area contributed by atoms with Crippen LogP contribution in [-0.4, -0.2) is 18.4 Å². The number of hydrogen-bond donors (Lipinski definition) is 1. The van der Waals surface area contributed by atoms with E-state index in [1.165, 1.54) is 12.1 Å². The molecule has 0 aromatic heterocycles. The van der Waals surface area contributed by atoms with Gasteiger partial charge in [0.05, 0.1) is 17.4 Å². The maximum atomic E-state index is 12.7. The second-order valence-electron chi connectivity index (χ2n) is 6.88. The van der Waals surface area contributed by atoms with E-state index in [9.17, 15) is 22.8 Å². The highest BCUT2D eigenvalue weighted by Gasteiger charge is 2.50. The average molecular weight is 374 g/mol. The molecule has 2 aliphatic rings. The van der Waals surface area contributed by atoms with Gasteiger partial charge in [0.15, 0.2) is 0 Å². The smallest absolute Gasteiger partial charge is 0.326 e. The van der Waals surface area contributed by atoms with Gasteiger partial charge in [-0.15, -0.1) is 0 Å². The van der Waals surface area contributed by atoms with Gasteiger partial charge in [0.25, 0.3) is 0 Å². The van der Waals surface area contributed by atoms with E-state index in [1.54, 1.807) is 4.90 Å². The van der Waals surface area contributed by atoms with Crippen molar-refractivity contribution in [3.8, 4) is 0 Å². The van der Waals surface area contributed by atoms with E-state index in [2.05, 4.69) is 5.32 Å². The molecule has 1 N–H and O–H groups in total. The number of nitrogens with one attached hydrogen (secondary N) is 1. The van der Waals surface area contributed by atoms with E-state index < -0.39 is 17.7 Å². The molecule has 140 valence electrons. The molecular formula is C20H17F3N2O2. The van der Waals surface area contributed by atoms with Gasteiger partial charge < -0.3 is 10.2 Å². The molecule has 1 heterocycles. The highest BCUT2D eigenvalue weighted by atomic mass is 19.4. The van der Waals surface area contributed by atoms with Crippen LogP contribution in [0.2, 0.25) is 0 Å². The summed E-state index contributed by atoms with van der Waals surface area (Å²) in [5.74, 6) is -1.20. The largest absolute Gasteiger partial charge is 0.416 e. The van der Waals surface area contributed by atoms with Crippen molar-refractivity contribution in [2.45, 2.75) is 19.0 Å². The Morgan fingerprint density at radius 2 is 1.70 bits per heavy atom. The van der Waals surface area contributed by atoms with Crippen molar-refractivity contribution < 1.29 is 22.8 Å². The van der Waals surface area contributed by atoms with Crippen LogP contribution in [0.4, 0.5) is 24.5 Å². The van der Waals surface area contributed by atoms with Gasteiger partial charge in [0.1, 0.15) is 0 Å². The molecule has 2 aromatic rings. The second kappa shape index (κ2) is 6.40. The first-order chi connectivity index (χ1) is 12.8. The first-order valence-corrected chi connectivity index (χ1v) is 8.72. The molecule has 7 heteroatoms. The average Bonchev–Trinajstić information content (AvgIpc) is 3.33. The number of amides is 2. The molecule has 27 heavy (non-hydrogen) atoms. The molecule has 0 bridgehead atoms. The summed E-state index contributed by atoms with van der Waals surface area (Å²) in [4.78, 5) is 26.8. The standard InChI is InChI=1S/C20H17F3N2O2/c21-20(22,23)13-5-7-14(8-6-13)24-18(26)15-11-16(15)19(27)25-10-9-12-3-1-2-4-17(12)25/h1-8,15-16H,9-11H2,(H,24,26). The number of benzene rings is 2. The first kappa shape index (κ1) is 17.6. The van der Waals surface area contributed by atoms with E-state index in [4.69, 9.17) is 0 Å². The lowest BCUT2D eigenvalue weighted by Gasteiger charge is -2.17. The minimum absolute atomic E-state index is 0.0625. The molecule has 2 atom stereocenters. The number of halogens is 3. The zero-order valence-corrected chi connectivity index (χ0v) is 14.3. The summed E-state index contributed by atoms with van der Waals surface area (Å²) in [5, 5.41) is 2.60. The lowest BCUT2D eigenvalue weighted by Crippen LogP contribution is -2.31. The van der Waals surface area contributed by atoms with Gasteiger partial charge in [-0.2, -0.15) is 13.2 Å². The highest BCUT2D eigenvalue weighted by molar-refractivity contribution is 6.05. The zero-order chi connectivity index (χ0) is 19.2. The molecule has 1 fully saturated rings.